The molecule has 0 radical (unpaired) electrons. The largest absolute Gasteiger partial charge is 0.282 e. The first-order valence-electron chi connectivity index (χ1n) is 2.77. The molecule has 4 heteroatoms. The summed E-state index contributed by atoms with van der Waals surface area (Å²) in [5, 5.41) is 0. The van der Waals surface area contributed by atoms with Gasteiger partial charge in [-0.05, 0) is 12.1 Å². The number of halogens is 3. The van der Waals surface area contributed by atoms with E-state index in [1.165, 1.54) is 34.7 Å². The van der Waals surface area contributed by atoms with E-state index in [1.807, 2.05) is 0 Å². The zero-order valence-corrected chi connectivity index (χ0v) is 7.43. The third kappa shape index (κ3) is 1.74. The minimum atomic E-state index is -1.08. The fourth-order valence-electron chi connectivity index (χ4n) is 0.656. The van der Waals surface area contributed by atoms with Crippen LogP contribution in [0.5, 0.6) is 0 Å². The molecule has 0 atom stereocenters. The minimum absolute atomic E-state index is 0.217. The van der Waals surface area contributed by atoms with Gasteiger partial charge in [0.05, 0.1) is 5.56 Å². The molecule has 0 aliphatic heterocycles. The Morgan fingerprint density at radius 2 is 2.00 bits per heavy atom. The van der Waals surface area contributed by atoms with E-state index >= 15 is 0 Å². The van der Waals surface area contributed by atoms with Gasteiger partial charge in [0, 0.05) is 22.6 Å². The Labute approximate surface area is 75.6 Å². The standard InChI is InChI=1S/C7H3F2IO/c8-5-3-1-2-4(6(5)9)7(10)11/h1-3H. The molecule has 0 heterocycles. The first-order valence-corrected chi connectivity index (χ1v) is 3.84. The summed E-state index contributed by atoms with van der Waals surface area (Å²) in [4.78, 5) is 10.6. The van der Waals surface area contributed by atoms with Crippen molar-refractivity contribution >= 4 is 26.4 Å². The normalized spacial score (nSPS) is 9.73. The Morgan fingerprint density at radius 1 is 1.36 bits per heavy atom. The molecule has 0 fully saturated rings. The molecule has 1 aromatic carbocycles. The highest BCUT2D eigenvalue weighted by atomic mass is 127. The molecule has 0 amide bonds. The van der Waals surface area contributed by atoms with Crippen molar-refractivity contribution in [3.8, 4) is 0 Å². The topological polar surface area (TPSA) is 17.1 Å². The summed E-state index contributed by atoms with van der Waals surface area (Å²) in [6, 6.07) is 3.51. The number of carbonyl (C=O) groups is 1. The second-order valence-electron chi connectivity index (χ2n) is 1.88. The van der Waals surface area contributed by atoms with E-state index in [-0.39, 0.29) is 5.56 Å². The monoisotopic (exact) mass is 268 g/mol. The van der Waals surface area contributed by atoms with E-state index in [1.54, 1.807) is 0 Å². The highest BCUT2D eigenvalue weighted by Gasteiger charge is 2.11. The van der Waals surface area contributed by atoms with Crippen LogP contribution in [-0.2, 0) is 0 Å². The van der Waals surface area contributed by atoms with Gasteiger partial charge in [-0.3, -0.25) is 4.79 Å². The second kappa shape index (κ2) is 3.25. The van der Waals surface area contributed by atoms with Gasteiger partial charge in [0.25, 0.3) is 0 Å². The number of benzene rings is 1. The van der Waals surface area contributed by atoms with E-state index < -0.39 is 15.4 Å². The van der Waals surface area contributed by atoms with Crippen molar-refractivity contribution in [2.24, 2.45) is 0 Å². The Bertz CT molecular complexity index is 298. The van der Waals surface area contributed by atoms with E-state index in [4.69, 9.17) is 0 Å². The van der Waals surface area contributed by atoms with Crippen molar-refractivity contribution in [3.63, 3.8) is 0 Å². The van der Waals surface area contributed by atoms with Crippen LogP contribution >= 0.6 is 22.6 Å². The molecule has 58 valence electrons. The molecule has 0 unspecified atom stereocenters. The van der Waals surface area contributed by atoms with Gasteiger partial charge in [-0.2, -0.15) is 0 Å². The van der Waals surface area contributed by atoms with Gasteiger partial charge in [0.2, 0.25) is 3.79 Å². The number of hydrogen-bond donors (Lipinski definition) is 0. The number of carbonyl (C=O) groups excluding carboxylic acids is 1. The molecule has 0 saturated heterocycles. The average Bonchev–Trinajstić information content (AvgIpc) is 1.94. The predicted molar refractivity (Wildman–Crippen MR) is 44.7 cm³/mol. The van der Waals surface area contributed by atoms with E-state index in [9.17, 15) is 13.6 Å². The van der Waals surface area contributed by atoms with Crippen LogP contribution in [0.2, 0.25) is 0 Å². The molecule has 1 rings (SSSR count). The van der Waals surface area contributed by atoms with Crippen molar-refractivity contribution in [3.05, 3.63) is 35.4 Å². The van der Waals surface area contributed by atoms with Crippen molar-refractivity contribution in [1.29, 1.82) is 0 Å². The lowest BCUT2D eigenvalue weighted by molar-refractivity contribution is 0.110. The third-order valence-corrected chi connectivity index (χ3v) is 1.74. The number of rotatable bonds is 1. The van der Waals surface area contributed by atoms with Gasteiger partial charge >= 0.3 is 0 Å². The maximum atomic E-state index is 12.7. The van der Waals surface area contributed by atoms with Gasteiger partial charge in [-0.25, -0.2) is 8.78 Å². The fourth-order valence-corrected chi connectivity index (χ4v) is 1.07. The highest BCUT2D eigenvalue weighted by Crippen LogP contribution is 2.14. The Hall–Kier alpha value is -0.520. The lowest BCUT2D eigenvalue weighted by atomic mass is 10.2. The lowest BCUT2D eigenvalue weighted by Crippen LogP contribution is -1.95. The lowest BCUT2D eigenvalue weighted by Gasteiger charge is -1.95. The minimum Gasteiger partial charge on any atom is -0.282 e. The molecule has 0 aromatic heterocycles. The van der Waals surface area contributed by atoms with Crippen LogP contribution < -0.4 is 0 Å². The van der Waals surface area contributed by atoms with E-state index in [0.717, 1.165) is 6.07 Å². The Morgan fingerprint density at radius 3 is 2.45 bits per heavy atom. The SMILES string of the molecule is O=C(I)c1cccc(F)c1F. The summed E-state index contributed by atoms with van der Waals surface area (Å²) >= 11 is 1.41. The molecule has 0 N–H and O–H groups in total. The molecular weight excluding hydrogens is 265 g/mol. The maximum absolute atomic E-state index is 12.7. The van der Waals surface area contributed by atoms with Crippen LogP contribution in [0.1, 0.15) is 10.4 Å². The molecular formula is C7H3F2IO. The van der Waals surface area contributed by atoms with Gasteiger partial charge in [0.15, 0.2) is 11.6 Å². The fraction of sp³-hybridized carbons (Fsp3) is 0. The molecule has 0 bridgehead atoms. The molecule has 0 aliphatic carbocycles. The molecule has 0 saturated carbocycles. The van der Waals surface area contributed by atoms with Crippen molar-refractivity contribution in [2.75, 3.05) is 0 Å². The summed E-state index contributed by atoms with van der Waals surface area (Å²) in [6.45, 7) is 0. The summed E-state index contributed by atoms with van der Waals surface area (Å²) in [7, 11) is 0. The van der Waals surface area contributed by atoms with Crippen molar-refractivity contribution in [2.45, 2.75) is 0 Å². The quantitative estimate of drug-likeness (QED) is 0.565. The second-order valence-corrected chi connectivity index (χ2v) is 2.85. The van der Waals surface area contributed by atoms with Gasteiger partial charge < -0.3 is 0 Å². The molecule has 1 nitrogen and oxygen atoms in total. The van der Waals surface area contributed by atoms with Crippen LogP contribution in [0.3, 0.4) is 0 Å². The van der Waals surface area contributed by atoms with Crippen LogP contribution in [0, 0.1) is 11.6 Å². The van der Waals surface area contributed by atoms with Crippen molar-refractivity contribution in [1.82, 2.24) is 0 Å². The number of hydrogen-bond acceptors (Lipinski definition) is 1. The Kier molecular flexibility index (Phi) is 2.53. The first-order chi connectivity index (χ1) is 5.13. The maximum Gasteiger partial charge on any atom is 0.225 e. The smallest absolute Gasteiger partial charge is 0.225 e. The summed E-state index contributed by atoms with van der Waals surface area (Å²) in [5.74, 6) is -2.07. The Balaban J connectivity index is 3.27. The third-order valence-electron chi connectivity index (χ3n) is 1.16. The van der Waals surface area contributed by atoms with E-state index in [0.29, 0.717) is 0 Å². The summed E-state index contributed by atoms with van der Waals surface area (Å²) < 4.78 is 24.6. The van der Waals surface area contributed by atoms with Gasteiger partial charge in [0.1, 0.15) is 0 Å². The van der Waals surface area contributed by atoms with E-state index in [2.05, 4.69) is 0 Å². The molecule has 0 aliphatic rings. The molecule has 1 aromatic rings. The first kappa shape index (κ1) is 8.58. The zero-order valence-electron chi connectivity index (χ0n) is 5.27. The highest BCUT2D eigenvalue weighted by molar-refractivity contribution is 14.1. The van der Waals surface area contributed by atoms with Crippen molar-refractivity contribution < 1.29 is 13.6 Å². The zero-order chi connectivity index (χ0) is 8.43. The van der Waals surface area contributed by atoms with Crippen LogP contribution in [0.15, 0.2) is 18.2 Å². The summed E-state index contributed by atoms with van der Waals surface area (Å²) in [5.41, 5.74) is -0.217. The van der Waals surface area contributed by atoms with Crippen LogP contribution in [0.25, 0.3) is 0 Å². The molecule has 0 spiro atoms. The van der Waals surface area contributed by atoms with Crippen LogP contribution in [0.4, 0.5) is 8.78 Å². The molecule has 11 heavy (non-hydrogen) atoms. The van der Waals surface area contributed by atoms with Crippen LogP contribution in [-0.4, -0.2) is 3.79 Å². The van der Waals surface area contributed by atoms with Gasteiger partial charge in [-0.1, -0.05) is 6.07 Å². The predicted octanol–water partition coefficient (Wildman–Crippen LogP) is 2.54. The summed E-state index contributed by atoms with van der Waals surface area (Å²) in [6.07, 6.45) is 0. The average molecular weight is 268 g/mol. The van der Waals surface area contributed by atoms with Gasteiger partial charge in [-0.15, -0.1) is 0 Å².